The average molecular weight is 476 g/mol. The number of hydrogen-bond donors (Lipinski definition) is 6. The third-order valence-corrected chi connectivity index (χ3v) is 7.21. The van der Waals surface area contributed by atoms with Crippen molar-refractivity contribution >= 4 is 15.2 Å². The van der Waals surface area contributed by atoms with Crippen LogP contribution in [0.2, 0.25) is 0 Å². The largest absolute Gasteiger partial charge is 0.346 e. The molecular formula is C22H26N2O6P2. The van der Waals surface area contributed by atoms with Crippen LogP contribution in [-0.4, -0.2) is 19.6 Å². The Hall–Kier alpha value is -2.12. The van der Waals surface area contributed by atoms with E-state index in [-0.39, 0.29) is 24.2 Å². The van der Waals surface area contributed by atoms with Gasteiger partial charge >= 0.3 is 15.2 Å². The van der Waals surface area contributed by atoms with Crippen molar-refractivity contribution in [3.8, 4) is 0 Å². The van der Waals surface area contributed by atoms with Crippen LogP contribution >= 0.6 is 15.2 Å². The van der Waals surface area contributed by atoms with Crippen molar-refractivity contribution in [1.29, 1.82) is 0 Å². The second kappa shape index (κ2) is 10.7. The Bertz CT molecular complexity index is 1020. The first kappa shape index (κ1) is 24.5. The van der Waals surface area contributed by atoms with Gasteiger partial charge in [-0.1, -0.05) is 84.9 Å². The van der Waals surface area contributed by atoms with Crippen molar-refractivity contribution in [1.82, 2.24) is 10.6 Å². The molecule has 2 atom stereocenters. The van der Waals surface area contributed by atoms with Crippen LogP contribution in [0.15, 0.2) is 84.9 Å². The summed E-state index contributed by atoms with van der Waals surface area (Å²) >= 11 is 0. The predicted molar refractivity (Wildman–Crippen MR) is 123 cm³/mol. The van der Waals surface area contributed by atoms with Crippen LogP contribution in [0.5, 0.6) is 0 Å². The van der Waals surface area contributed by atoms with E-state index in [4.69, 9.17) is 0 Å². The molecule has 8 nitrogen and oxygen atoms in total. The third-order valence-electron chi connectivity index (χ3n) is 4.90. The topological polar surface area (TPSA) is 139 Å². The maximum Gasteiger partial charge on any atom is 0.346 e. The van der Waals surface area contributed by atoms with E-state index in [1.807, 2.05) is 60.7 Å². The highest BCUT2D eigenvalue weighted by atomic mass is 31.2. The first-order chi connectivity index (χ1) is 15.1. The molecular weight excluding hydrogens is 450 g/mol. The minimum absolute atomic E-state index is 0.217. The normalized spacial score (nSPS) is 14.1. The van der Waals surface area contributed by atoms with Gasteiger partial charge < -0.3 is 19.6 Å². The van der Waals surface area contributed by atoms with Crippen molar-refractivity contribution in [2.24, 2.45) is 0 Å². The Morgan fingerprint density at radius 2 is 0.969 bits per heavy atom. The monoisotopic (exact) mass is 476 g/mol. The van der Waals surface area contributed by atoms with Gasteiger partial charge in [-0.3, -0.25) is 19.8 Å². The lowest BCUT2D eigenvalue weighted by Crippen LogP contribution is -2.23. The predicted octanol–water partition coefficient (Wildman–Crippen LogP) is 3.62. The highest BCUT2D eigenvalue weighted by Crippen LogP contribution is 2.53. The van der Waals surface area contributed by atoms with Gasteiger partial charge in [-0.15, -0.1) is 0 Å². The summed E-state index contributed by atoms with van der Waals surface area (Å²) in [4.78, 5) is 39.7. The van der Waals surface area contributed by atoms with E-state index in [1.165, 1.54) is 24.3 Å². The fourth-order valence-electron chi connectivity index (χ4n) is 3.38. The Morgan fingerprint density at radius 1 is 0.594 bits per heavy atom. The van der Waals surface area contributed by atoms with Crippen LogP contribution in [0, 0.1) is 0 Å². The average Bonchev–Trinajstić information content (AvgIpc) is 2.74. The van der Waals surface area contributed by atoms with Crippen LogP contribution < -0.4 is 10.6 Å². The summed E-state index contributed by atoms with van der Waals surface area (Å²) in [6.45, 7) is 0.435. The molecule has 0 amide bonds. The molecule has 0 saturated heterocycles. The van der Waals surface area contributed by atoms with Crippen LogP contribution in [0.25, 0.3) is 0 Å². The molecule has 3 rings (SSSR count). The summed E-state index contributed by atoms with van der Waals surface area (Å²) in [5.74, 6) is -2.65. The molecule has 3 aromatic carbocycles. The van der Waals surface area contributed by atoms with Gasteiger partial charge in [0.1, 0.15) is 11.6 Å². The summed E-state index contributed by atoms with van der Waals surface area (Å²) in [6, 6.07) is 24.3. The van der Waals surface area contributed by atoms with Crippen LogP contribution in [0.4, 0.5) is 0 Å². The molecule has 0 spiro atoms. The zero-order valence-corrected chi connectivity index (χ0v) is 18.9. The summed E-state index contributed by atoms with van der Waals surface area (Å²) in [6.07, 6.45) is 0. The van der Waals surface area contributed by atoms with Gasteiger partial charge in [-0.2, -0.15) is 0 Å². The zero-order valence-electron chi connectivity index (χ0n) is 17.2. The highest BCUT2D eigenvalue weighted by Gasteiger charge is 2.33. The molecule has 0 heterocycles. The van der Waals surface area contributed by atoms with Crippen LogP contribution in [0.3, 0.4) is 0 Å². The standard InChI is InChI=1S/C22H26N2O6P2/c25-31(26,27)21(23-15-17-8-3-1-4-9-17)19-12-7-13-20(14-19)22(32(28,29)30)24-16-18-10-5-2-6-11-18/h1-14,21-24H,15-16H2,(H2,25,26,27)(H2,28,29,30). The summed E-state index contributed by atoms with van der Waals surface area (Å²) in [7, 11) is -9.23. The molecule has 0 aliphatic rings. The molecule has 0 aliphatic carbocycles. The Morgan fingerprint density at radius 3 is 1.31 bits per heavy atom. The van der Waals surface area contributed by atoms with Gasteiger partial charge in [0.2, 0.25) is 0 Å². The van der Waals surface area contributed by atoms with Crippen molar-refractivity contribution in [2.45, 2.75) is 24.7 Å². The third kappa shape index (κ3) is 6.94. The summed E-state index contributed by atoms with van der Waals surface area (Å²) in [5.41, 5.74) is 2.18. The fraction of sp³-hybridized carbons (Fsp3) is 0.182. The molecule has 3 aromatic rings. The lowest BCUT2D eigenvalue weighted by Gasteiger charge is -2.24. The van der Waals surface area contributed by atoms with Crippen LogP contribution in [-0.2, 0) is 22.2 Å². The quantitative estimate of drug-likeness (QED) is 0.244. The van der Waals surface area contributed by atoms with Crippen molar-refractivity contribution in [3.63, 3.8) is 0 Å². The SMILES string of the molecule is O=P(O)(O)C(NCc1ccccc1)c1cccc(C(NCc2ccccc2)P(=O)(O)O)c1. The molecule has 6 N–H and O–H groups in total. The number of hydrogen-bond acceptors (Lipinski definition) is 4. The second-order valence-corrected chi connectivity index (χ2v) is 10.8. The maximum atomic E-state index is 12.2. The summed E-state index contributed by atoms with van der Waals surface area (Å²) in [5, 5.41) is 5.75. The van der Waals surface area contributed by atoms with Crippen molar-refractivity contribution < 1.29 is 28.7 Å². The molecule has 2 unspecified atom stereocenters. The number of benzene rings is 3. The van der Waals surface area contributed by atoms with Gasteiger partial charge in [-0.05, 0) is 22.3 Å². The smallest absolute Gasteiger partial charge is 0.323 e. The fourth-order valence-corrected chi connectivity index (χ4v) is 5.14. The van der Waals surface area contributed by atoms with E-state index in [9.17, 15) is 28.7 Å². The molecule has 0 fully saturated rings. The Labute approximate surface area is 186 Å². The number of nitrogens with one attached hydrogen (secondary N) is 2. The second-order valence-electron chi connectivity index (χ2n) is 7.39. The minimum Gasteiger partial charge on any atom is -0.323 e. The first-order valence-corrected chi connectivity index (χ1v) is 13.3. The molecule has 0 aliphatic heterocycles. The zero-order chi connectivity index (χ0) is 23.2. The minimum atomic E-state index is -4.61. The Balaban J connectivity index is 1.86. The maximum absolute atomic E-state index is 12.2. The molecule has 0 saturated carbocycles. The molecule has 0 bridgehead atoms. The van der Waals surface area contributed by atoms with Gasteiger partial charge in [0.15, 0.2) is 0 Å². The van der Waals surface area contributed by atoms with Gasteiger partial charge in [0.05, 0.1) is 0 Å². The number of rotatable bonds is 10. The summed E-state index contributed by atoms with van der Waals surface area (Å²) < 4.78 is 24.4. The van der Waals surface area contributed by atoms with Crippen molar-refractivity contribution in [3.05, 3.63) is 107 Å². The molecule has 0 aromatic heterocycles. The first-order valence-electron chi connectivity index (χ1n) is 9.89. The molecule has 170 valence electrons. The Kier molecular flexibility index (Phi) is 8.17. The highest BCUT2D eigenvalue weighted by molar-refractivity contribution is 7.52. The molecule has 32 heavy (non-hydrogen) atoms. The van der Waals surface area contributed by atoms with E-state index < -0.39 is 26.8 Å². The lowest BCUT2D eigenvalue weighted by atomic mass is 10.1. The van der Waals surface area contributed by atoms with Crippen molar-refractivity contribution in [2.75, 3.05) is 0 Å². The van der Waals surface area contributed by atoms with E-state index in [1.54, 1.807) is 0 Å². The van der Waals surface area contributed by atoms with E-state index in [0.29, 0.717) is 0 Å². The van der Waals surface area contributed by atoms with Gasteiger partial charge in [0, 0.05) is 13.1 Å². The van der Waals surface area contributed by atoms with Crippen LogP contribution in [0.1, 0.15) is 33.8 Å². The van der Waals surface area contributed by atoms with Gasteiger partial charge in [0.25, 0.3) is 0 Å². The van der Waals surface area contributed by atoms with Gasteiger partial charge in [-0.25, -0.2) is 0 Å². The van der Waals surface area contributed by atoms with E-state index in [2.05, 4.69) is 10.6 Å². The lowest BCUT2D eigenvalue weighted by molar-refractivity contribution is 0.347. The van der Waals surface area contributed by atoms with E-state index >= 15 is 0 Å². The molecule has 10 heteroatoms. The molecule has 0 radical (unpaired) electrons. The van der Waals surface area contributed by atoms with E-state index in [0.717, 1.165) is 11.1 Å².